The third-order valence-electron chi connectivity index (χ3n) is 1.94. The zero-order valence-electron chi connectivity index (χ0n) is 7.01. The first-order valence-corrected chi connectivity index (χ1v) is 4.36. The van der Waals surface area contributed by atoms with Crippen molar-refractivity contribution in [1.82, 2.24) is 5.32 Å². The first-order valence-electron chi connectivity index (χ1n) is 4.36. The maximum Gasteiger partial charge on any atom is 0.0700 e. The lowest BCUT2D eigenvalue weighted by atomic mass is 10.1. The fourth-order valence-corrected chi connectivity index (χ4v) is 1.29. The second-order valence-electron chi connectivity index (χ2n) is 2.92. The number of unbranched alkanes of at least 4 members (excludes halogenated alkanes) is 1. The summed E-state index contributed by atoms with van der Waals surface area (Å²) in [5, 5.41) is 3.31. The van der Waals surface area contributed by atoms with Gasteiger partial charge in [0.25, 0.3) is 0 Å². The summed E-state index contributed by atoms with van der Waals surface area (Å²) < 4.78 is 5.53. The minimum atomic E-state index is 0.448. The molecule has 1 fully saturated rings. The van der Waals surface area contributed by atoms with Crippen LogP contribution in [-0.4, -0.2) is 25.8 Å². The number of hydrogen-bond donors (Lipinski definition) is 1. The summed E-state index contributed by atoms with van der Waals surface area (Å²) in [7, 11) is 0. The topological polar surface area (TPSA) is 21.3 Å². The lowest BCUT2D eigenvalue weighted by Gasteiger charge is -2.23. The van der Waals surface area contributed by atoms with Crippen LogP contribution in [0.25, 0.3) is 0 Å². The molecular weight excluding hydrogens is 138 g/mol. The molecule has 1 saturated heterocycles. The van der Waals surface area contributed by atoms with Gasteiger partial charge in [0.2, 0.25) is 0 Å². The zero-order valence-corrected chi connectivity index (χ0v) is 7.01. The lowest BCUT2D eigenvalue weighted by molar-refractivity contribution is 0.0226. The van der Waals surface area contributed by atoms with Crippen LogP contribution in [-0.2, 0) is 4.74 Å². The molecule has 0 aromatic rings. The van der Waals surface area contributed by atoms with Crippen LogP contribution in [0.5, 0.6) is 0 Å². The van der Waals surface area contributed by atoms with Gasteiger partial charge in [0, 0.05) is 13.1 Å². The summed E-state index contributed by atoms with van der Waals surface area (Å²) in [5.41, 5.74) is 0. The van der Waals surface area contributed by atoms with Crippen LogP contribution in [0, 0.1) is 0 Å². The Morgan fingerprint density at radius 1 is 1.64 bits per heavy atom. The predicted molar refractivity (Wildman–Crippen MR) is 46.7 cm³/mol. The number of rotatable bonds is 4. The molecule has 64 valence electrons. The molecule has 1 N–H and O–H groups in total. The standard InChI is InChI=1S/C9H17NO/c1-2-3-4-5-9-8-10-6-7-11-9/h2,9-10H,1,3-8H2. The van der Waals surface area contributed by atoms with Crippen LogP contribution in [0.15, 0.2) is 12.7 Å². The van der Waals surface area contributed by atoms with Crippen LogP contribution in [0.1, 0.15) is 19.3 Å². The number of allylic oxidation sites excluding steroid dienone is 1. The van der Waals surface area contributed by atoms with Crippen molar-refractivity contribution in [2.75, 3.05) is 19.7 Å². The van der Waals surface area contributed by atoms with E-state index < -0.39 is 0 Å². The molecule has 0 aromatic carbocycles. The average Bonchev–Trinajstić information content (AvgIpc) is 2.07. The summed E-state index contributed by atoms with van der Waals surface area (Å²) in [4.78, 5) is 0. The first-order chi connectivity index (χ1) is 5.43. The van der Waals surface area contributed by atoms with Crippen molar-refractivity contribution >= 4 is 0 Å². The first kappa shape index (κ1) is 8.75. The molecule has 1 heterocycles. The van der Waals surface area contributed by atoms with Gasteiger partial charge >= 0.3 is 0 Å². The minimum Gasteiger partial charge on any atom is -0.376 e. The van der Waals surface area contributed by atoms with Gasteiger partial charge in [-0.3, -0.25) is 0 Å². The van der Waals surface area contributed by atoms with Gasteiger partial charge < -0.3 is 10.1 Å². The second-order valence-corrected chi connectivity index (χ2v) is 2.92. The largest absolute Gasteiger partial charge is 0.376 e. The summed E-state index contributed by atoms with van der Waals surface area (Å²) >= 11 is 0. The van der Waals surface area contributed by atoms with Crippen molar-refractivity contribution in [2.45, 2.75) is 25.4 Å². The quantitative estimate of drug-likeness (QED) is 0.488. The van der Waals surface area contributed by atoms with Crippen LogP contribution in [0.4, 0.5) is 0 Å². The smallest absolute Gasteiger partial charge is 0.0700 e. The highest BCUT2D eigenvalue weighted by Gasteiger charge is 2.11. The Morgan fingerprint density at radius 2 is 2.55 bits per heavy atom. The molecule has 0 amide bonds. The normalized spacial score (nSPS) is 24.9. The molecule has 2 heteroatoms. The third-order valence-corrected chi connectivity index (χ3v) is 1.94. The Morgan fingerprint density at radius 3 is 3.18 bits per heavy atom. The van der Waals surface area contributed by atoms with Gasteiger partial charge in [0.15, 0.2) is 0 Å². The Labute approximate surface area is 68.6 Å². The maximum atomic E-state index is 5.53. The highest BCUT2D eigenvalue weighted by molar-refractivity contribution is 4.71. The van der Waals surface area contributed by atoms with Crippen molar-refractivity contribution < 1.29 is 4.74 Å². The molecule has 0 spiro atoms. The molecule has 0 aliphatic carbocycles. The van der Waals surface area contributed by atoms with Gasteiger partial charge in [-0.15, -0.1) is 6.58 Å². The number of nitrogens with one attached hydrogen (secondary N) is 1. The van der Waals surface area contributed by atoms with E-state index in [0.29, 0.717) is 6.10 Å². The van der Waals surface area contributed by atoms with Crippen molar-refractivity contribution in [1.29, 1.82) is 0 Å². The predicted octanol–water partition coefficient (Wildman–Crippen LogP) is 1.33. The Hall–Kier alpha value is -0.340. The number of ether oxygens (including phenoxy) is 1. The van der Waals surface area contributed by atoms with E-state index in [1.54, 1.807) is 0 Å². The van der Waals surface area contributed by atoms with Crippen LogP contribution in [0.2, 0.25) is 0 Å². The molecule has 1 atom stereocenters. The average molecular weight is 155 g/mol. The SMILES string of the molecule is C=CCCCC1CNCCO1. The van der Waals surface area contributed by atoms with Gasteiger partial charge in [0.05, 0.1) is 12.7 Å². The van der Waals surface area contributed by atoms with Crippen molar-refractivity contribution in [3.05, 3.63) is 12.7 Å². The van der Waals surface area contributed by atoms with Gasteiger partial charge in [-0.25, -0.2) is 0 Å². The molecule has 11 heavy (non-hydrogen) atoms. The highest BCUT2D eigenvalue weighted by atomic mass is 16.5. The van der Waals surface area contributed by atoms with Crippen LogP contribution < -0.4 is 5.32 Å². The van der Waals surface area contributed by atoms with E-state index >= 15 is 0 Å². The van der Waals surface area contributed by atoms with Crippen LogP contribution >= 0.6 is 0 Å². The zero-order chi connectivity index (χ0) is 7.94. The molecule has 1 aliphatic heterocycles. The summed E-state index contributed by atoms with van der Waals surface area (Å²) in [5.74, 6) is 0. The van der Waals surface area contributed by atoms with E-state index in [1.165, 1.54) is 12.8 Å². The summed E-state index contributed by atoms with van der Waals surface area (Å²) in [6.45, 7) is 6.60. The third kappa shape index (κ3) is 3.54. The molecule has 0 bridgehead atoms. The molecule has 1 aliphatic rings. The Kier molecular flexibility index (Phi) is 4.24. The van der Waals surface area contributed by atoms with E-state index in [9.17, 15) is 0 Å². The fourth-order valence-electron chi connectivity index (χ4n) is 1.29. The molecular formula is C9H17NO. The second kappa shape index (κ2) is 5.33. The molecule has 0 radical (unpaired) electrons. The monoisotopic (exact) mass is 155 g/mol. The van der Waals surface area contributed by atoms with Crippen LogP contribution in [0.3, 0.4) is 0 Å². The fraction of sp³-hybridized carbons (Fsp3) is 0.778. The van der Waals surface area contributed by atoms with E-state index in [-0.39, 0.29) is 0 Å². The van der Waals surface area contributed by atoms with Crippen molar-refractivity contribution in [3.63, 3.8) is 0 Å². The molecule has 2 nitrogen and oxygen atoms in total. The van der Waals surface area contributed by atoms with Crippen molar-refractivity contribution in [2.24, 2.45) is 0 Å². The molecule has 0 saturated carbocycles. The van der Waals surface area contributed by atoms with E-state index in [2.05, 4.69) is 11.9 Å². The van der Waals surface area contributed by atoms with E-state index in [1.807, 2.05) is 6.08 Å². The minimum absolute atomic E-state index is 0.448. The maximum absolute atomic E-state index is 5.53. The van der Waals surface area contributed by atoms with Crippen molar-refractivity contribution in [3.8, 4) is 0 Å². The summed E-state index contributed by atoms with van der Waals surface area (Å²) in [6.07, 6.45) is 5.90. The number of hydrogen-bond acceptors (Lipinski definition) is 2. The lowest BCUT2D eigenvalue weighted by Crippen LogP contribution is -2.38. The van der Waals surface area contributed by atoms with E-state index in [4.69, 9.17) is 4.74 Å². The van der Waals surface area contributed by atoms with E-state index in [0.717, 1.165) is 26.1 Å². The molecule has 1 rings (SSSR count). The molecule has 0 aromatic heterocycles. The highest BCUT2D eigenvalue weighted by Crippen LogP contribution is 2.06. The van der Waals surface area contributed by atoms with Gasteiger partial charge in [-0.05, 0) is 19.3 Å². The summed E-state index contributed by atoms with van der Waals surface area (Å²) in [6, 6.07) is 0. The van der Waals surface area contributed by atoms with Gasteiger partial charge in [0.1, 0.15) is 0 Å². The Balaban J connectivity index is 2.00. The number of morpholine rings is 1. The molecule has 1 unspecified atom stereocenters. The van der Waals surface area contributed by atoms with Gasteiger partial charge in [-0.1, -0.05) is 6.08 Å². The Bertz CT molecular complexity index is 108. The van der Waals surface area contributed by atoms with Gasteiger partial charge in [-0.2, -0.15) is 0 Å².